The molecule has 0 bridgehead atoms. The second-order valence-corrected chi connectivity index (χ2v) is 4.40. The number of hydrogen-bond donors (Lipinski definition) is 1. The number of hydrogen-bond acceptors (Lipinski definition) is 2. The van der Waals surface area contributed by atoms with Crippen molar-refractivity contribution in [3.05, 3.63) is 0 Å². The van der Waals surface area contributed by atoms with E-state index in [0.29, 0.717) is 12.5 Å². The minimum atomic E-state index is 0.422. The van der Waals surface area contributed by atoms with Gasteiger partial charge in [-0.1, -0.05) is 0 Å². The zero-order valence-electron chi connectivity index (χ0n) is 6.74. The second-order valence-electron chi connectivity index (χ2n) is 4.40. The summed E-state index contributed by atoms with van der Waals surface area (Å²) in [5, 5.41) is 9.04. The Kier molecular flexibility index (Phi) is 1.19. The molecule has 60 valence electrons. The first kappa shape index (κ1) is 6.50. The van der Waals surface area contributed by atoms with Crippen molar-refractivity contribution in [3.63, 3.8) is 0 Å². The summed E-state index contributed by atoms with van der Waals surface area (Å²) in [6, 6.07) is 1.73. The first-order valence-electron chi connectivity index (χ1n) is 4.77. The summed E-state index contributed by atoms with van der Waals surface area (Å²) in [6.07, 6.45) is 5.38. The average Bonchev–Trinajstić information content (AvgIpc) is 1.92. The van der Waals surface area contributed by atoms with Gasteiger partial charge in [-0.25, -0.2) is 0 Å². The quantitative estimate of drug-likeness (QED) is 0.550. The molecule has 0 amide bonds. The molecule has 3 saturated heterocycles. The summed E-state index contributed by atoms with van der Waals surface area (Å²) in [6.45, 7) is 1.38. The summed E-state index contributed by atoms with van der Waals surface area (Å²) >= 11 is 0. The molecule has 0 radical (unpaired) electrons. The molecule has 2 atom stereocenters. The number of aliphatic hydroxyl groups excluding tert-OH is 1. The Morgan fingerprint density at radius 3 is 2.36 bits per heavy atom. The molecule has 11 heavy (non-hydrogen) atoms. The molecular weight excluding hydrogens is 137 g/mol. The van der Waals surface area contributed by atoms with Crippen LogP contribution in [0.15, 0.2) is 0 Å². The minimum Gasteiger partial charge on any atom is -0.396 e. The Hall–Kier alpha value is -0.0151. The molecule has 3 heteroatoms. The van der Waals surface area contributed by atoms with Gasteiger partial charge in [0.1, 0.15) is 0 Å². The maximum absolute atomic E-state index is 9.04. The Morgan fingerprint density at radius 1 is 1.27 bits per heavy atom. The molecule has 3 rings (SSSR count). The van der Waals surface area contributed by atoms with E-state index in [1.165, 1.54) is 25.5 Å². The number of aliphatic hydroxyl groups is 1. The highest BCUT2D eigenvalue weighted by Crippen LogP contribution is 2.48. The topological polar surface area (TPSA) is 23.5 Å². The van der Waals surface area contributed by atoms with Gasteiger partial charge < -0.3 is 9.92 Å². The molecule has 3 fully saturated rings. The third-order valence-corrected chi connectivity index (χ3v) is 3.82. The fourth-order valence-corrected chi connectivity index (χ4v) is 3.28. The van der Waals surface area contributed by atoms with E-state index < -0.39 is 0 Å². The van der Waals surface area contributed by atoms with E-state index in [2.05, 4.69) is 4.81 Å². The summed E-state index contributed by atoms with van der Waals surface area (Å²) in [5.41, 5.74) is 0. The lowest BCUT2D eigenvalue weighted by molar-refractivity contribution is 0.0487. The van der Waals surface area contributed by atoms with Crippen LogP contribution in [0, 0.1) is 5.92 Å². The molecule has 2 unspecified atom stereocenters. The maximum Gasteiger partial charge on any atom is 0.226 e. The van der Waals surface area contributed by atoms with E-state index in [1.807, 2.05) is 0 Å². The second kappa shape index (κ2) is 2.02. The predicted octanol–water partition coefficient (Wildman–Crippen LogP) is 0.447. The fraction of sp³-hybridized carbons (Fsp3) is 1.00. The van der Waals surface area contributed by atoms with Crippen molar-refractivity contribution in [2.75, 3.05) is 6.61 Å². The van der Waals surface area contributed by atoms with Gasteiger partial charge in [-0.2, -0.15) is 0 Å². The van der Waals surface area contributed by atoms with E-state index in [4.69, 9.17) is 5.11 Å². The number of nitrogens with zero attached hydrogens (tertiary/aromatic N) is 1. The third-order valence-electron chi connectivity index (χ3n) is 3.82. The molecule has 0 aromatic heterocycles. The standard InChI is InChI=1S/C8H14BNO/c11-5-6-1-7-3-9-4-8(2-6)10(7)9/h6-8,11H,1-5H2. The van der Waals surface area contributed by atoms with E-state index >= 15 is 0 Å². The molecule has 3 heterocycles. The smallest absolute Gasteiger partial charge is 0.226 e. The lowest BCUT2D eigenvalue weighted by atomic mass is 9.33. The molecule has 3 aliphatic heterocycles. The van der Waals surface area contributed by atoms with Crippen molar-refractivity contribution in [1.82, 2.24) is 4.81 Å². The van der Waals surface area contributed by atoms with Crippen LogP contribution in [0.5, 0.6) is 0 Å². The molecule has 0 spiro atoms. The van der Waals surface area contributed by atoms with Gasteiger partial charge in [0, 0.05) is 6.61 Å². The highest BCUT2D eigenvalue weighted by molar-refractivity contribution is 6.62. The highest BCUT2D eigenvalue weighted by Gasteiger charge is 2.56. The van der Waals surface area contributed by atoms with Crippen LogP contribution in [-0.2, 0) is 0 Å². The molecular formula is C8H14BNO. The largest absolute Gasteiger partial charge is 0.396 e. The normalized spacial score (nSPS) is 47.7. The summed E-state index contributed by atoms with van der Waals surface area (Å²) in [4.78, 5) is 2.67. The summed E-state index contributed by atoms with van der Waals surface area (Å²) in [5.74, 6) is 0.627. The van der Waals surface area contributed by atoms with Crippen molar-refractivity contribution in [2.24, 2.45) is 5.92 Å². The van der Waals surface area contributed by atoms with Crippen LogP contribution < -0.4 is 0 Å². The first-order valence-corrected chi connectivity index (χ1v) is 4.77. The van der Waals surface area contributed by atoms with Gasteiger partial charge >= 0.3 is 0 Å². The predicted molar refractivity (Wildman–Crippen MR) is 44.6 cm³/mol. The fourth-order valence-electron chi connectivity index (χ4n) is 3.28. The number of rotatable bonds is 1. The SMILES string of the molecule is OCC1CC2CB3CC(C1)N32. The zero-order valence-corrected chi connectivity index (χ0v) is 6.74. The Morgan fingerprint density at radius 2 is 1.91 bits per heavy atom. The van der Waals surface area contributed by atoms with Gasteiger partial charge in [-0.05, 0) is 43.5 Å². The summed E-state index contributed by atoms with van der Waals surface area (Å²) < 4.78 is 0. The highest BCUT2D eigenvalue weighted by atomic mass is 16.3. The lowest BCUT2D eigenvalue weighted by Gasteiger charge is -2.64. The van der Waals surface area contributed by atoms with Crippen molar-refractivity contribution >= 4 is 6.85 Å². The molecule has 1 N–H and O–H groups in total. The van der Waals surface area contributed by atoms with Crippen LogP contribution in [0.2, 0.25) is 12.6 Å². The Balaban J connectivity index is 1.72. The van der Waals surface area contributed by atoms with Gasteiger partial charge in [-0.3, -0.25) is 0 Å². The van der Waals surface area contributed by atoms with Gasteiger partial charge in [0.25, 0.3) is 0 Å². The zero-order chi connectivity index (χ0) is 7.42. The van der Waals surface area contributed by atoms with Gasteiger partial charge in [-0.15, -0.1) is 0 Å². The van der Waals surface area contributed by atoms with Crippen LogP contribution >= 0.6 is 0 Å². The van der Waals surface area contributed by atoms with Gasteiger partial charge in [0.05, 0.1) is 0 Å². The van der Waals surface area contributed by atoms with Crippen molar-refractivity contribution in [3.8, 4) is 0 Å². The van der Waals surface area contributed by atoms with Crippen LogP contribution in [0.4, 0.5) is 0 Å². The molecule has 0 aromatic rings. The van der Waals surface area contributed by atoms with E-state index in [9.17, 15) is 0 Å². The van der Waals surface area contributed by atoms with Crippen LogP contribution in [0.3, 0.4) is 0 Å². The Bertz CT molecular complexity index is 171. The van der Waals surface area contributed by atoms with Crippen molar-refractivity contribution in [2.45, 2.75) is 37.6 Å². The molecule has 3 aliphatic rings. The monoisotopic (exact) mass is 151 g/mol. The number of piperidine rings is 1. The Labute approximate surface area is 67.7 Å². The average molecular weight is 151 g/mol. The van der Waals surface area contributed by atoms with Crippen molar-refractivity contribution in [1.29, 1.82) is 0 Å². The van der Waals surface area contributed by atoms with E-state index in [-0.39, 0.29) is 0 Å². The van der Waals surface area contributed by atoms with Gasteiger partial charge in [0.15, 0.2) is 0 Å². The summed E-state index contributed by atoms with van der Waals surface area (Å²) in [7, 11) is 0. The molecule has 0 saturated carbocycles. The van der Waals surface area contributed by atoms with Crippen LogP contribution in [0.1, 0.15) is 12.8 Å². The lowest BCUT2D eigenvalue weighted by Crippen LogP contribution is -2.74. The van der Waals surface area contributed by atoms with Crippen LogP contribution in [-0.4, -0.2) is 35.5 Å². The van der Waals surface area contributed by atoms with E-state index in [0.717, 1.165) is 18.9 Å². The van der Waals surface area contributed by atoms with Crippen molar-refractivity contribution < 1.29 is 5.11 Å². The molecule has 0 aromatic carbocycles. The van der Waals surface area contributed by atoms with Crippen LogP contribution in [0.25, 0.3) is 0 Å². The molecule has 0 aliphatic carbocycles. The first-order chi connectivity index (χ1) is 5.38. The van der Waals surface area contributed by atoms with Gasteiger partial charge in [0.2, 0.25) is 6.85 Å². The minimum absolute atomic E-state index is 0.422. The maximum atomic E-state index is 9.04. The van der Waals surface area contributed by atoms with E-state index in [1.54, 1.807) is 0 Å². The third kappa shape index (κ3) is 0.708. The molecule has 2 nitrogen and oxygen atoms in total.